The minimum Gasteiger partial charge on any atom is -0.633 e. The Bertz CT molecular complexity index is 1290. The summed E-state index contributed by atoms with van der Waals surface area (Å²) in [6.07, 6.45) is 15.2. The summed E-state index contributed by atoms with van der Waals surface area (Å²) >= 11 is 0. The maximum absolute atomic E-state index is 13.3. The predicted octanol–water partition coefficient (Wildman–Crippen LogP) is 7.17. The second kappa shape index (κ2) is 6.88. The molecule has 2 bridgehead atoms. The number of likely N-dealkylation sites (tertiary alicyclic amines) is 1. The highest BCUT2D eigenvalue weighted by molar-refractivity contribution is 5.83. The third kappa shape index (κ3) is 2.68. The van der Waals surface area contributed by atoms with Crippen LogP contribution in [0.25, 0.3) is 10.8 Å². The van der Waals surface area contributed by atoms with E-state index in [1.807, 2.05) is 0 Å². The molecule has 0 radical (unpaired) electrons. The van der Waals surface area contributed by atoms with Crippen molar-refractivity contribution in [2.75, 3.05) is 13.1 Å². The Morgan fingerprint density at radius 3 is 2.69 bits per heavy atom. The third-order valence-corrected chi connectivity index (χ3v) is 11.6. The molecule has 2 aromatic rings. The van der Waals surface area contributed by atoms with Gasteiger partial charge in [-0.05, 0) is 83.3 Å². The number of rotatable bonds is 2. The van der Waals surface area contributed by atoms with Gasteiger partial charge in [-0.3, -0.25) is 0 Å². The van der Waals surface area contributed by atoms with E-state index in [0.717, 1.165) is 58.0 Å². The van der Waals surface area contributed by atoms with E-state index in [-0.39, 0.29) is 27.3 Å². The Balaban J connectivity index is 1.16. The van der Waals surface area contributed by atoms with Gasteiger partial charge in [-0.25, -0.2) is 0 Å². The van der Waals surface area contributed by atoms with Crippen LogP contribution in [0.5, 0.6) is 0 Å². The Hall–Kier alpha value is -1.94. The molecule has 0 aromatic heterocycles. The fourth-order valence-electron chi connectivity index (χ4n) is 9.59. The number of ether oxygens (including phenoxy) is 1. The predicted molar refractivity (Wildman–Crippen MR) is 140 cm³/mol. The lowest BCUT2D eigenvalue weighted by Crippen LogP contribution is -2.63. The van der Waals surface area contributed by atoms with E-state index in [0.29, 0.717) is 11.8 Å². The van der Waals surface area contributed by atoms with Crippen LogP contribution in [0.15, 0.2) is 65.8 Å². The van der Waals surface area contributed by atoms with Crippen molar-refractivity contribution in [3.8, 4) is 0 Å². The number of hydroxylamine groups is 3. The highest BCUT2D eigenvalue weighted by Gasteiger charge is 2.67. The Kier molecular flexibility index (Phi) is 4.16. The van der Waals surface area contributed by atoms with Crippen LogP contribution in [-0.4, -0.2) is 35.0 Å². The van der Waals surface area contributed by atoms with Gasteiger partial charge < -0.3 is 14.6 Å². The largest absolute Gasteiger partial charge is 0.633 e. The molecule has 182 valence electrons. The standard InChI is InChI=1S/C32H37NO2/c1-30-14-13-26-20-25-9-10-27(33(34)17-4-18-33)21-31(25)15-16-32(26,35-31)29(30)12-11-28(30)24-8-7-22-5-2-3-6-23(22)19-24/h2-3,5-8,13,19-20,27-29H,4,9-12,14-18,21H2,1H3/t27-,28+,29+,30+,31+,32?/m0/s1. The van der Waals surface area contributed by atoms with Crippen LogP contribution in [0, 0.1) is 16.5 Å². The number of benzene rings is 2. The number of fused-ring (bicyclic) bond motifs is 2. The summed E-state index contributed by atoms with van der Waals surface area (Å²) in [7, 11) is 0. The monoisotopic (exact) mass is 467 g/mol. The average molecular weight is 468 g/mol. The fourth-order valence-corrected chi connectivity index (χ4v) is 9.59. The second-order valence-corrected chi connectivity index (χ2v) is 13.0. The van der Waals surface area contributed by atoms with E-state index < -0.39 is 0 Å². The number of hydrogen-bond donors (Lipinski definition) is 0. The molecule has 3 aliphatic heterocycles. The van der Waals surface area contributed by atoms with Crippen molar-refractivity contribution in [3.05, 3.63) is 76.5 Å². The van der Waals surface area contributed by atoms with Crippen molar-refractivity contribution < 1.29 is 9.38 Å². The molecule has 3 aliphatic carbocycles. The van der Waals surface area contributed by atoms with Crippen molar-refractivity contribution in [1.29, 1.82) is 0 Å². The minimum atomic E-state index is -0.162. The molecule has 2 saturated carbocycles. The maximum Gasteiger partial charge on any atom is 0.0975 e. The van der Waals surface area contributed by atoms with Gasteiger partial charge in [0.05, 0.1) is 30.3 Å². The van der Waals surface area contributed by atoms with Gasteiger partial charge in [0.2, 0.25) is 0 Å². The van der Waals surface area contributed by atoms with Crippen molar-refractivity contribution in [1.82, 2.24) is 0 Å². The van der Waals surface area contributed by atoms with Gasteiger partial charge in [0.25, 0.3) is 0 Å². The zero-order valence-corrected chi connectivity index (χ0v) is 21.0. The summed E-state index contributed by atoms with van der Waals surface area (Å²) in [4.78, 5) is 0. The molecule has 0 N–H and O–H groups in total. The lowest BCUT2D eigenvalue weighted by molar-refractivity contribution is -0.943. The summed E-state index contributed by atoms with van der Waals surface area (Å²) in [5.41, 5.74) is 4.43. The highest BCUT2D eigenvalue weighted by Crippen LogP contribution is 2.69. The van der Waals surface area contributed by atoms with Gasteiger partial charge >= 0.3 is 0 Å². The van der Waals surface area contributed by atoms with E-state index in [2.05, 4.69) is 61.5 Å². The van der Waals surface area contributed by atoms with Crippen LogP contribution < -0.4 is 0 Å². The van der Waals surface area contributed by atoms with Crippen LogP contribution >= 0.6 is 0 Å². The van der Waals surface area contributed by atoms with E-state index in [9.17, 15) is 5.21 Å². The number of nitrogens with zero attached hydrogens (tertiary/aromatic N) is 1. The molecule has 2 spiro atoms. The molecule has 6 aliphatic rings. The second-order valence-electron chi connectivity index (χ2n) is 13.0. The smallest absolute Gasteiger partial charge is 0.0975 e. The fraction of sp³-hybridized carbons (Fsp3) is 0.562. The van der Waals surface area contributed by atoms with E-state index >= 15 is 0 Å². The Morgan fingerprint density at radius 2 is 1.86 bits per heavy atom. The average Bonchev–Trinajstić information content (AvgIpc) is 3.37. The van der Waals surface area contributed by atoms with Crippen LogP contribution in [0.3, 0.4) is 0 Å². The first-order valence-corrected chi connectivity index (χ1v) is 14.1. The molecular formula is C32H37NO2. The zero-order valence-electron chi connectivity index (χ0n) is 21.0. The first-order chi connectivity index (χ1) is 16.9. The molecular weight excluding hydrogens is 430 g/mol. The summed E-state index contributed by atoms with van der Waals surface area (Å²) in [5.74, 6) is 1.13. The molecule has 4 fully saturated rings. The van der Waals surface area contributed by atoms with Crippen molar-refractivity contribution in [2.24, 2.45) is 11.3 Å². The molecule has 35 heavy (non-hydrogen) atoms. The van der Waals surface area contributed by atoms with E-state index in [4.69, 9.17) is 4.74 Å². The lowest BCUT2D eigenvalue weighted by atomic mass is 9.58. The van der Waals surface area contributed by atoms with Crippen LogP contribution in [-0.2, 0) is 4.74 Å². The Morgan fingerprint density at radius 1 is 1.00 bits per heavy atom. The van der Waals surface area contributed by atoms with Gasteiger partial charge in [0.1, 0.15) is 0 Å². The molecule has 3 nitrogen and oxygen atoms in total. The summed E-state index contributed by atoms with van der Waals surface area (Å²) in [5, 5.41) is 16.0. The lowest BCUT2D eigenvalue weighted by Gasteiger charge is -2.60. The molecule has 2 aromatic carbocycles. The maximum atomic E-state index is 13.3. The van der Waals surface area contributed by atoms with Crippen LogP contribution in [0.4, 0.5) is 0 Å². The van der Waals surface area contributed by atoms with Crippen LogP contribution in [0.1, 0.15) is 76.2 Å². The molecule has 1 unspecified atom stereocenters. The summed E-state index contributed by atoms with van der Waals surface area (Å²) in [6, 6.07) is 16.2. The van der Waals surface area contributed by atoms with Gasteiger partial charge in [0, 0.05) is 19.3 Å². The molecule has 8 rings (SSSR count). The van der Waals surface area contributed by atoms with Gasteiger partial charge in [0.15, 0.2) is 0 Å². The van der Waals surface area contributed by atoms with Crippen molar-refractivity contribution in [2.45, 2.75) is 87.9 Å². The highest BCUT2D eigenvalue weighted by atomic mass is 16.6. The van der Waals surface area contributed by atoms with Gasteiger partial charge in [-0.1, -0.05) is 61.5 Å². The van der Waals surface area contributed by atoms with Gasteiger partial charge in [-0.15, -0.1) is 0 Å². The summed E-state index contributed by atoms with van der Waals surface area (Å²) < 4.78 is 7.48. The van der Waals surface area contributed by atoms with E-state index in [1.165, 1.54) is 40.3 Å². The van der Waals surface area contributed by atoms with Crippen LogP contribution in [0.2, 0.25) is 0 Å². The summed E-state index contributed by atoms with van der Waals surface area (Å²) in [6.45, 7) is 4.20. The molecule has 2 saturated heterocycles. The minimum absolute atomic E-state index is 0.0548. The first kappa shape index (κ1) is 21.2. The Labute approximate surface area is 209 Å². The SMILES string of the molecule is C[C@]12CC=C3C=C4CC[C@H]([N+]5([O-])CCC5)C[C@]45CCC3(O5)[C@@H]1CC[C@@H]2c1ccc2ccccc2c1. The van der Waals surface area contributed by atoms with Gasteiger partial charge in [-0.2, -0.15) is 0 Å². The number of quaternary nitrogens is 1. The number of allylic oxidation sites excluding steroid dienone is 1. The number of hydrogen-bond acceptors (Lipinski definition) is 2. The molecule has 0 amide bonds. The quantitative estimate of drug-likeness (QED) is 0.346. The topological polar surface area (TPSA) is 32.3 Å². The normalized spacial score (nSPS) is 43.0. The molecule has 3 heteroatoms. The van der Waals surface area contributed by atoms with E-state index in [1.54, 1.807) is 0 Å². The van der Waals surface area contributed by atoms with Crippen molar-refractivity contribution >= 4 is 10.8 Å². The van der Waals surface area contributed by atoms with Crippen molar-refractivity contribution in [3.63, 3.8) is 0 Å². The zero-order chi connectivity index (χ0) is 23.5. The molecule has 3 heterocycles. The first-order valence-electron chi connectivity index (χ1n) is 14.1. The third-order valence-electron chi connectivity index (χ3n) is 11.6. The molecule has 6 atom stereocenters.